The summed E-state index contributed by atoms with van der Waals surface area (Å²) in [5.41, 5.74) is 4.58. The second kappa shape index (κ2) is 9.90. The first-order chi connectivity index (χ1) is 12.9. The number of methoxy groups -OCH3 is 1. The highest BCUT2D eigenvalue weighted by Gasteiger charge is 2.14. The number of imidazole rings is 1. The number of benzene rings is 2. The summed E-state index contributed by atoms with van der Waals surface area (Å²) in [6, 6.07) is 20.9. The van der Waals surface area contributed by atoms with E-state index >= 15 is 0 Å². The summed E-state index contributed by atoms with van der Waals surface area (Å²) in [4.78, 5) is 4.72. The van der Waals surface area contributed by atoms with Crippen molar-refractivity contribution in [1.82, 2.24) is 9.55 Å². The van der Waals surface area contributed by atoms with Gasteiger partial charge in [-0.05, 0) is 19.3 Å². The van der Waals surface area contributed by atoms with Crippen molar-refractivity contribution >= 4 is 0 Å². The normalized spacial score (nSPS) is 11.0. The third kappa shape index (κ3) is 4.81. The van der Waals surface area contributed by atoms with E-state index in [1.54, 1.807) is 7.11 Å². The molecule has 1 heterocycles. The highest BCUT2D eigenvalue weighted by atomic mass is 16.7. The summed E-state index contributed by atoms with van der Waals surface area (Å²) in [5, 5.41) is 0. The molecule has 136 valence electrons. The average molecular weight is 350 g/mol. The van der Waals surface area contributed by atoms with Crippen LogP contribution in [0.1, 0.15) is 19.3 Å². The van der Waals surface area contributed by atoms with E-state index in [1.165, 1.54) is 11.3 Å². The Hall–Kier alpha value is -2.43. The van der Waals surface area contributed by atoms with Gasteiger partial charge in [-0.1, -0.05) is 60.7 Å². The van der Waals surface area contributed by atoms with Crippen molar-refractivity contribution in [3.05, 3.63) is 67.0 Å². The van der Waals surface area contributed by atoms with Crippen molar-refractivity contribution in [2.45, 2.75) is 25.8 Å². The van der Waals surface area contributed by atoms with Crippen molar-refractivity contribution < 1.29 is 9.47 Å². The fraction of sp³-hybridized carbons (Fsp3) is 0.318. The number of rotatable bonds is 10. The van der Waals surface area contributed by atoms with Gasteiger partial charge in [0.05, 0.1) is 17.7 Å². The third-order valence-corrected chi connectivity index (χ3v) is 4.32. The predicted molar refractivity (Wildman–Crippen MR) is 105 cm³/mol. The number of hydrogen-bond acceptors (Lipinski definition) is 3. The number of hydrogen-bond donors (Lipinski definition) is 0. The number of aryl methyl sites for hydroxylation is 1. The molecule has 0 amide bonds. The Morgan fingerprint density at radius 1 is 0.846 bits per heavy atom. The number of nitrogens with zero attached hydrogens (tertiary/aromatic N) is 2. The Balaban J connectivity index is 1.73. The molecule has 26 heavy (non-hydrogen) atoms. The van der Waals surface area contributed by atoms with Crippen molar-refractivity contribution in [3.8, 4) is 22.5 Å². The summed E-state index contributed by atoms with van der Waals surface area (Å²) in [6.45, 7) is 2.08. The molecule has 0 saturated carbocycles. The van der Waals surface area contributed by atoms with Gasteiger partial charge < -0.3 is 14.0 Å². The van der Waals surface area contributed by atoms with Gasteiger partial charge in [0, 0.05) is 31.4 Å². The van der Waals surface area contributed by atoms with Crippen LogP contribution in [0, 0.1) is 0 Å². The highest BCUT2D eigenvalue weighted by molar-refractivity contribution is 5.78. The molecule has 0 spiro atoms. The molecule has 0 aliphatic heterocycles. The van der Waals surface area contributed by atoms with E-state index in [-0.39, 0.29) is 0 Å². The zero-order chi connectivity index (χ0) is 18.0. The van der Waals surface area contributed by atoms with Gasteiger partial charge in [0.25, 0.3) is 0 Å². The van der Waals surface area contributed by atoms with E-state index in [1.807, 2.05) is 18.5 Å². The zero-order valence-electron chi connectivity index (χ0n) is 15.3. The van der Waals surface area contributed by atoms with Crippen LogP contribution in [0.3, 0.4) is 0 Å². The minimum Gasteiger partial charge on any atom is -0.359 e. The lowest BCUT2D eigenvalue weighted by atomic mass is 10.0. The SMILES string of the molecule is COCOCCCCCn1cnc(-c2ccccc2)c1-c1ccccc1. The molecule has 0 aliphatic carbocycles. The van der Waals surface area contributed by atoms with Gasteiger partial charge >= 0.3 is 0 Å². The van der Waals surface area contributed by atoms with E-state index in [0.717, 1.165) is 43.7 Å². The van der Waals surface area contributed by atoms with E-state index in [2.05, 4.69) is 53.1 Å². The maximum Gasteiger partial charge on any atom is 0.146 e. The Morgan fingerprint density at radius 3 is 2.23 bits per heavy atom. The summed E-state index contributed by atoms with van der Waals surface area (Å²) in [7, 11) is 1.65. The minimum atomic E-state index is 0.375. The molecule has 0 fully saturated rings. The standard InChI is InChI=1S/C22H26N2O2/c1-25-18-26-16-10-4-9-15-24-17-23-21(19-11-5-2-6-12-19)22(24)20-13-7-3-8-14-20/h2-3,5-8,11-14,17H,4,9-10,15-16,18H2,1H3. The molecule has 2 aromatic carbocycles. The van der Waals surface area contributed by atoms with Gasteiger partial charge in [-0.3, -0.25) is 0 Å². The lowest BCUT2D eigenvalue weighted by Crippen LogP contribution is -2.02. The van der Waals surface area contributed by atoms with Gasteiger partial charge in [-0.2, -0.15) is 0 Å². The fourth-order valence-corrected chi connectivity index (χ4v) is 3.06. The van der Waals surface area contributed by atoms with Crippen LogP contribution in [0.2, 0.25) is 0 Å². The molecule has 0 N–H and O–H groups in total. The molecule has 0 unspecified atom stereocenters. The van der Waals surface area contributed by atoms with Gasteiger partial charge in [-0.15, -0.1) is 0 Å². The topological polar surface area (TPSA) is 36.3 Å². The quantitative estimate of drug-likeness (QED) is 0.381. The van der Waals surface area contributed by atoms with Crippen LogP contribution in [0.4, 0.5) is 0 Å². The number of aromatic nitrogens is 2. The zero-order valence-corrected chi connectivity index (χ0v) is 15.3. The molecule has 0 radical (unpaired) electrons. The monoisotopic (exact) mass is 350 g/mol. The van der Waals surface area contributed by atoms with Crippen LogP contribution in [-0.2, 0) is 16.0 Å². The Kier molecular flexibility index (Phi) is 6.99. The molecule has 0 saturated heterocycles. The van der Waals surface area contributed by atoms with Gasteiger partial charge in [0.2, 0.25) is 0 Å². The van der Waals surface area contributed by atoms with E-state index in [4.69, 9.17) is 14.5 Å². The highest BCUT2D eigenvalue weighted by Crippen LogP contribution is 2.31. The van der Waals surface area contributed by atoms with Crippen molar-refractivity contribution in [1.29, 1.82) is 0 Å². The summed E-state index contributed by atoms with van der Waals surface area (Å²) < 4.78 is 12.5. The molecule has 4 heteroatoms. The number of unbranched alkanes of at least 4 members (excludes halogenated alkanes) is 2. The molecular formula is C22H26N2O2. The van der Waals surface area contributed by atoms with Crippen LogP contribution < -0.4 is 0 Å². The molecule has 3 rings (SSSR count). The minimum absolute atomic E-state index is 0.375. The van der Waals surface area contributed by atoms with Gasteiger partial charge in [0.15, 0.2) is 0 Å². The van der Waals surface area contributed by atoms with Crippen molar-refractivity contribution in [2.24, 2.45) is 0 Å². The molecule has 4 nitrogen and oxygen atoms in total. The lowest BCUT2D eigenvalue weighted by Gasteiger charge is -2.11. The fourth-order valence-electron chi connectivity index (χ4n) is 3.06. The van der Waals surface area contributed by atoms with Crippen LogP contribution >= 0.6 is 0 Å². The second-order valence-corrected chi connectivity index (χ2v) is 6.24. The molecule has 3 aromatic rings. The van der Waals surface area contributed by atoms with Crippen molar-refractivity contribution in [2.75, 3.05) is 20.5 Å². The smallest absolute Gasteiger partial charge is 0.146 e. The second-order valence-electron chi connectivity index (χ2n) is 6.24. The summed E-state index contributed by atoms with van der Waals surface area (Å²) >= 11 is 0. The third-order valence-electron chi connectivity index (χ3n) is 4.32. The largest absolute Gasteiger partial charge is 0.359 e. The van der Waals surface area contributed by atoms with Gasteiger partial charge in [-0.25, -0.2) is 4.98 Å². The maximum absolute atomic E-state index is 5.35. The summed E-state index contributed by atoms with van der Waals surface area (Å²) in [5.74, 6) is 0. The Labute approximate surface area is 155 Å². The van der Waals surface area contributed by atoms with Crippen LogP contribution in [-0.4, -0.2) is 30.1 Å². The molecule has 0 aliphatic rings. The van der Waals surface area contributed by atoms with E-state index < -0.39 is 0 Å². The van der Waals surface area contributed by atoms with Gasteiger partial charge in [0.1, 0.15) is 6.79 Å². The Bertz CT molecular complexity index is 769. The van der Waals surface area contributed by atoms with Crippen molar-refractivity contribution in [3.63, 3.8) is 0 Å². The predicted octanol–water partition coefficient (Wildman–Crippen LogP) is 5.01. The maximum atomic E-state index is 5.35. The first kappa shape index (κ1) is 18.4. The molecule has 0 atom stereocenters. The molecule has 1 aromatic heterocycles. The van der Waals surface area contributed by atoms with Crippen LogP contribution in [0.5, 0.6) is 0 Å². The lowest BCUT2D eigenvalue weighted by molar-refractivity contribution is -0.0315. The molecule has 0 bridgehead atoms. The first-order valence-electron chi connectivity index (χ1n) is 9.13. The number of ether oxygens (including phenoxy) is 2. The first-order valence-corrected chi connectivity index (χ1v) is 9.13. The van der Waals surface area contributed by atoms with E-state index in [0.29, 0.717) is 6.79 Å². The van der Waals surface area contributed by atoms with Crippen LogP contribution in [0.25, 0.3) is 22.5 Å². The molecular weight excluding hydrogens is 324 g/mol. The van der Waals surface area contributed by atoms with Crippen LogP contribution in [0.15, 0.2) is 67.0 Å². The van der Waals surface area contributed by atoms with E-state index in [9.17, 15) is 0 Å². The summed E-state index contributed by atoms with van der Waals surface area (Å²) in [6.07, 6.45) is 5.23. The Morgan fingerprint density at radius 2 is 1.54 bits per heavy atom. The average Bonchev–Trinajstić information content (AvgIpc) is 3.12.